The molecule has 7 nitrogen and oxygen atoms in total. The molecule has 0 radical (unpaired) electrons. The van der Waals surface area contributed by atoms with Crippen molar-refractivity contribution in [2.75, 3.05) is 20.1 Å². The molecule has 3 rings (SSSR count). The van der Waals surface area contributed by atoms with Crippen molar-refractivity contribution in [2.24, 2.45) is 0 Å². The van der Waals surface area contributed by atoms with Gasteiger partial charge in [0.05, 0.1) is 5.69 Å². The molecule has 26 heavy (non-hydrogen) atoms. The molecule has 0 atom stereocenters. The summed E-state index contributed by atoms with van der Waals surface area (Å²) in [6, 6.07) is 17.9. The van der Waals surface area contributed by atoms with Crippen LogP contribution in [0.25, 0.3) is 5.69 Å². The number of nitrogens with one attached hydrogen (secondary N) is 2. The first-order valence-corrected chi connectivity index (χ1v) is 8.33. The number of hydrogen-bond acceptors (Lipinski definition) is 6. The van der Waals surface area contributed by atoms with Gasteiger partial charge in [-0.05, 0) is 66.8 Å². The fourth-order valence-corrected chi connectivity index (χ4v) is 2.42. The second-order valence-corrected chi connectivity index (χ2v) is 5.59. The van der Waals surface area contributed by atoms with E-state index in [0.29, 0.717) is 11.8 Å². The highest BCUT2D eigenvalue weighted by Crippen LogP contribution is 2.21. The molecule has 0 aliphatic rings. The van der Waals surface area contributed by atoms with Gasteiger partial charge in [-0.25, -0.2) is 0 Å². The summed E-state index contributed by atoms with van der Waals surface area (Å²) < 4.78 is 7.45. The lowest BCUT2D eigenvalue weighted by Gasteiger charge is -2.08. The third-order valence-corrected chi connectivity index (χ3v) is 3.66. The number of benzene rings is 2. The van der Waals surface area contributed by atoms with Gasteiger partial charge in [0.1, 0.15) is 5.75 Å². The Morgan fingerprint density at radius 3 is 2.69 bits per heavy atom. The minimum Gasteiger partial charge on any atom is -0.423 e. The predicted molar refractivity (Wildman–Crippen MR) is 103 cm³/mol. The molecule has 0 unspecified atom stereocenters. The summed E-state index contributed by atoms with van der Waals surface area (Å²) in [5.41, 5.74) is 2.01. The summed E-state index contributed by atoms with van der Waals surface area (Å²) in [5, 5.41) is 18.2. The fraction of sp³-hybridized carbons (Fsp3) is 0.278. The monoisotopic (exact) mass is 374 g/mol. The van der Waals surface area contributed by atoms with Crippen LogP contribution in [0.1, 0.15) is 12.0 Å². The number of aromatic nitrogens is 4. The first-order chi connectivity index (χ1) is 12.4. The van der Waals surface area contributed by atoms with E-state index in [1.165, 1.54) is 0 Å². The van der Waals surface area contributed by atoms with Crippen molar-refractivity contribution in [3.05, 3.63) is 60.2 Å². The van der Waals surface area contributed by atoms with E-state index in [0.717, 1.165) is 37.3 Å². The molecule has 2 N–H and O–H groups in total. The van der Waals surface area contributed by atoms with Crippen molar-refractivity contribution < 1.29 is 4.74 Å². The van der Waals surface area contributed by atoms with Gasteiger partial charge in [-0.3, -0.25) is 0 Å². The smallest absolute Gasteiger partial charge is 0.345 e. The molecule has 1 aromatic heterocycles. The van der Waals surface area contributed by atoms with E-state index in [4.69, 9.17) is 4.74 Å². The minimum atomic E-state index is 0. The molecule has 3 aromatic rings. The number of halogens is 1. The van der Waals surface area contributed by atoms with Crippen molar-refractivity contribution in [3.63, 3.8) is 0 Å². The SMILES string of the molecule is CNCCCNCc1cccc(Oc2nnnn2-c2ccccc2)c1.Cl. The Morgan fingerprint density at radius 1 is 1.04 bits per heavy atom. The minimum absolute atomic E-state index is 0. The largest absolute Gasteiger partial charge is 0.423 e. The van der Waals surface area contributed by atoms with Crippen LogP contribution in [0.15, 0.2) is 54.6 Å². The van der Waals surface area contributed by atoms with Gasteiger partial charge >= 0.3 is 6.01 Å². The molecule has 0 fully saturated rings. The molecule has 0 amide bonds. The summed E-state index contributed by atoms with van der Waals surface area (Å²) in [6.07, 6.45) is 1.10. The molecule has 138 valence electrons. The van der Waals surface area contributed by atoms with Crippen LogP contribution < -0.4 is 15.4 Å². The second kappa shape index (κ2) is 10.5. The zero-order valence-corrected chi connectivity index (χ0v) is 15.4. The predicted octanol–water partition coefficient (Wildman–Crippen LogP) is 2.58. The van der Waals surface area contributed by atoms with Crippen molar-refractivity contribution >= 4 is 12.4 Å². The van der Waals surface area contributed by atoms with Gasteiger partial charge in [-0.1, -0.05) is 35.4 Å². The molecule has 2 aromatic carbocycles. The third-order valence-electron chi connectivity index (χ3n) is 3.66. The first kappa shape index (κ1) is 19.8. The molecule has 0 saturated carbocycles. The lowest BCUT2D eigenvalue weighted by Crippen LogP contribution is -2.19. The number of tetrazole rings is 1. The summed E-state index contributed by atoms with van der Waals surface area (Å²) in [6.45, 7) is 2.78. The van der Waals surface area contributed by atoms with E-state index in [2.05, 4.69) is 32.2 Å². The maximum Gasteiger partial charge on any atom is 0.345 e. The number of ether oxygens (including phenoxy) is 1. The summed E-state index contributed by atoms with van der Waals surface area (Å²) in [7, 11) is 1.96. The topological polar surface area (TPSA) is 76.9 Å². The van der Waals surface area contributed by atoms with E-state index in [-0.39, 0.29) is 12.4 Å². The Kier molecular flexibility index (Phi) is 8.01. The van der Waals surface area contributed by atoms with Gasteiger partial charge in [0, 0.05) is 6.54 Å². The molecular formula is C18H23ClN6O. The van der Waals surface area contributed by atoms with Crippen LogP contribution in [-0.4, -0.2) is 40.3 Å². The standard InChI is InChI=1S/C18H22N6O.ClH/c1-19-11-6-12-20-14-15-7-5-10-17(13-15)25-18-21-22-23-24(18)16-8-3-2-4-9-16;/h2-5,7-10,13,19-20H,6,11-12,14H2,1H3;1H. The van der Waals surface area contributed by atoms with Gasteiger partial charge < -0.3 is 15.4 Å². The van der Waals surface area contributed by atoms with E-state index in [1.54, 1.807) is 4.68 Å². The number of rotatable bonds is 9. The highest BCUT2D eigenvalue weighted by molar-refractivity contribution is 5.85. The molecule has 0 aliphatic carbocycles. The number of para-hydroxylation sites is 1. The van der Waals surface area contributed by atoms with Crippen LogP contribution in [0, 0.1) is 0 Å². The number of hydrogen-bond donors (Lipinski definition) is 2. The molecule has 0 aliphatic heterocycles. The molecule has 0 bridgehead atoms. The average Bonchev–Trinajstić information content (AvgIpc) is 3.11. The van der Waals surface area contributed by atoms with Crippen LogP contribution in [0.3, 0.4) is 0 Å². The first-order valence-electron chi connectivity index (χ1n) is 8.33. The van der Waals surface area contributed by atoms with E-state index in [9.17, 15) is 0 Å². The van der Waals surface area contributed by atoms with Gasteiger partial charge in [0.15, 0.2) is 0 Å². The maximum atomic E-state index is 5.88. The molecule has 1 heterocycles. The zero-order valence-electron chi connectivity index (χ0n) is 14.6. The van der Waals surface area contributed by atoms with Gasteiger partial charge in [0.2, 0.25) is 0 Å². The molecule has 0 saturated heterocycles. The Morgan fingerprint density at radius 2 is 1.88 bits per heavy atom. The Balaban J connectivity index is 0.00000243. The second-order valence-electron chi connectivity index (χ2n) is 5.59. The molecule has 0 spiro atoms. The Hall–Kier alpha value is -2.48. The number of nitrogens with zero attached hydrogens (tertiary/aromatic N) is 4. The molecule has 8 heteroatoms. The Labute approximate surface area is 159 Å². The van der Waals surface area contributed by atoms with Crippen molar-refractivity contribution in [1.82, 2.24) is 30.8 Å². The highest BCUT2D eigenvalue weighted by atomic mass is 35.5. The van der Waals surface area contributed by atoms with E-state index < -0.39 is 0 Å². The van der Waals surface area contributed by atoms with Crippen molar-refractivity contribution in [2.45, 2.75) is 13.0 Å². The van der Waals surface area contributed by atoms with Crippen LogP contribution in [0.4, 0.5) is 0 Å². The van der Waals surface area contributed by atoms with Crippen LogP contribution in [-0.2, 0) is 6.54 Å². The van der Waals surface area contributed by atoms with Crippen LogP contribution in [0.5, 0.6) is 11.8 Å². The molecular weight excluding hydrogens is 352 g/mol. The van der Waals surface area contributed by atoms with Crippen molar-refractivity contribution in [3.8, 4) is 17.4 Å². The van der Waals surface area contributed by atoms with Crippen LogP contribution in [0.2, 0.25) is 0 Å². The van der Waals surface area contributed by atoms with E-state index >= 15 is 0 Å². The van der Waals surface area contributed by atoms with E-state index in [1.807, 2.05) is 55.6 Å². The van der Waals surface area contributed by atoms with Gasteiger partial charge in [-0.2, -0.15) is 4.68 Å². The Bertz CT molecular complexity index is 780. The highest BCUT2D eigenvalue weighted by Gasteiger charge is 2.10. The summed E-state index contributed by atoms with van der Waals surface area (Å²) in [5.74, 6) is 0.710. The zero-order chi connectivity index (χ0) is 17.3. The lowest BCUT2D eigenvalue weighted by atomic mass is 10.2. The maximum absolute atomic E-state index is 5.88. The summed E-state index contributed by atoms with van der Waals surface area (Å²) in [4.78, 5) is 0. The third kappa shape index (κ3) is 5.52. The lowest BCUT2D eigenvalue weighted by molar-refractivity contribution is 0.426. The average molecular weight is 375 g/mol. The van der Waals surface area contributed by atoms with Crippen molar-refractivity contribution in [1.29, 1.82) is 0 Å². The summed E-state index contributed by atoms with van der Waals surface area (Å²) >= 11 is 0. The van der Waals surface area contributed by atoms with Gasteiger partial charge in [0.25, 0.3) is 0 Å². The fourth-order valence-electron chi connectivity index (χ4n) is 2.42. The van der Waals surface area contributed by atoms with Gasteiger partial charge in [-0.15, -0.1) is 12.4 Å². The quantitative estimate of drug-likeness (QED) is 0.560. The normalized spacial score (nSPS) is 10.3. The van der Waals surface area contributed by atoms with Crippen LogP contribution >= 0.6 is 12.4 Å².